The minimum atomic E-state index is -0.391. The second kappa shape index (κ2) is 9.03. The minimum Gasteiger partial charge on any atom is -0.279 e. The third-order valence-corrected chi connectivity index (χ3v) is 5.33. The van der Waals surface area contributed by atoms with E-state index in [1.54, 1.807) is 30.5 Å². The number of nitrogens with one attached hydrogen (secondary N) is 1. The van der Waals surface area contributed by atoms with Crippen LogP contribution in [0, 0.1) is 10.1 Å². The summed E-state index contributed by atoms with van der Waals surface area (Å²) in [6, 6.07) is 19.7. The van der Waals surface area contributed by atoms with E-state index >= 15 is 0 Å². The monoisotopic (exact) mass is 461 g/mol. The van der Waals surface area contributed by atoms with E-state index in [0.717, 1.165) is 15.1 Å². The van der Waals surface area contributed by atoms with Gasteiger partial charge in [0.2, 0.25) is 0 Å². The molecule has 0 saturated heterocycles. The van der Waals surface area contributed by atoms with Crippen molar-refractivity contribution < 1.29 is 4.92 Å². The molecule has 0 aromatic heterocycles. The first kappa shape index (κ1) is 19.4. The van der Waals surface area contributed by atoms with E-state index in [0.29, 0.717) is 15.5 Å². The van der Waals surface area contributed by atoms with Crippen LogP contribution in [0.3, 0.4) is 0 Å². The third-order valence-electron chi connectivity index (χ3n) is 3.47. The second-order valence-corrected chi connectivity index (χ2v) is 7.88. The average molecular weight is 463 g/mol. The van der Waals surface area contributed by atoms with Gasteiger partial charge in [-0.25, -0.2) is 0 Å². The summed E-state index contributed by atoms with van der Waals surface area (Å²) in [4.78, 5) is 12.5. The molecule has 8 heteroatoms. The average Bonchev–Trinajstić information content (AvgIpc) is 2.66. The van der Waals surface area contributed by atoms with Gasteiger partial charge in [-0.2, -0.15) is 5.10 Å². The molecular formula is C19H13BrClN3O2S. The number of anilines is 1. The maximum absolute atomic E-state index is 11.5. The summed E-state index contributed by atoms with van der Waals surface area (Å²) in [7, 11) is 0. The Kier molecular flexibility index (Phi) is 6.49. The Bertz CT molecular complexity index is 979. The molecule has 0 heterocycles. The van der Waals surface area contributed by atoms with Gasteiger partial charge in [-0.15, -0.1) is 0 Å². The molecule has 0 radical (unpaired) electrons. The zero-order valence-electron chi connectivity index (χ0n) is 13.8. The quantitative estimate of drug-likeness (QED) is 0.254. The molecule has 0 aliphatic heterocycles. The molecule has 0 aliphatic carbocycles. The summed E-state index contributed by atoms with van der Waals surface area (Å²) in [5.74, 6) is 0. The van der Waals surface area contributed by atoms with E-state index in [-0.39, 0.29) is 5.69 Å². The lowest BCUT2D eigenvalue weighted by molar-refractivity contribution is -0.387. The van der Waals surface area contributed by atoms with Gasteiger partial charge in [-0.1, -0.05) is 45.4 Å². The van der Waals surface area contributed by atoms with Gasteiger partial charge in [-0.3, -0.25) is 15.5 Å². The van der Waals surface area contributed by atoms with Crippen molar-refractivity contribution in [3.8, 4) is 0 Å². The number of halogens is 2. The van der Waals surface area contributed by atoms with Gasteiger partial charge < -0.3 is 0 Å². The fourth-order valence-corrected chi connectivity index (χ4v) is 3.47. The Hall–Kier alpha value is -2.35. The van der Waals surface area contributed by atoms with Crippen LogP contribution in [0.2, 0.25) is 5.02 Å². The van der Waals surface area contributed by atoms with Crippen molar-refractivity contribution in [2.45, 2.75) is 9.79 Å². The van der Waals surface area contributed by atoms with Crippen LogP contribution in [0.4, 0.5) is 11.4 Å². The van der Waals surface area contributed by atoms with Crippen LogP contribution in [0.15, 0.2) is 86.1 Å². The van der Waals surface area contributed by atoms with Gasteiger partial charge in [0.05, 0.1) is 21.7 Å². The molecular weight excluding hydrogens is 450 g/mol. The lowest BCUT2D eigenvalue weighted by Crippen LogP contribution is -1.95. The molecule has 3 aromatic carbocycles. The zero-order chi connectivity index (χ0) is 19.2. The Morgan fingerprint density at radius 3 is 2.44 bits per heavy atom. The molecule has 0 atom stereocenters. The maximum Gasteiger partial charge on any atom is 0.283 e. The van der Waals surface area contributed by atoms with E-state index in [4.69, 9.17) is 11.6 Å². The smallest absolute Gasteiger partial charge is 0.279 e. The molecule has 0 amide bonds. The molecule has 0 aliphatic rings. The molecule has 3 rings (SSSR count). The number of rotatable bonds is 6. The van der Waals surface area contributed by atoms with E-state index in [1.165, 1.54) is 17.8 Å². The molecule has 0 saturated carbocycles. The van der Waals surface area contributed by atoms with Crippen molar-refractivity contribution in [2.75, 3.05) is 5.43 Å². The third kappa shape index (κ3) is 5.56. The van der Waals surface area contributed by atoms with Gasteiger partial charge in [0, 0.05) is 26.0 Å². The highest BCUT2D eigenvalue weighted by Crippen LogP contribution is 2.35. The van der Waals surface area contributed by atoms with Crippen molar-refractivity contribution in [2.24, 2.45) is 5.10 Å². The van der Waals surface area contributed by atoms with E-state index < -0.39 is 4.92 Å². The van der Waals surface area contributed by atoms with E-state index in [2.05, 4.69) is 26.5 Å². The molecule has 0 fully saturated rings. The normalized spacial score (nSPS) is 10.9. The molecule has 1 N–H and O–H groups in total. The van der Waals surface area contributed by atoms with Crippen molar-refractivity contribution in [1.82, 2.24) is 0 Å². The van der Waals surface area contributed by atoms with Crippen molar-refractivity contribution >= 4 is 56.9 Å². The zero-order valence-corrected chi connectivity index (χ0v) is 17.0. The van der Waals surface area contributed by atoms with Crippen LogP contribution in [-0.4, -0.2) is 11.1 Å². The second-order valence-electron chi connectivity index (χ2n) is 5.42. The van der Waals surface area contributed by atoms with Gasteiger partial charge in [-0.05, 0) is 54.6 Å². The summed E-state index contributed by atoms with van der Waals surface area (Å²) in [6.07, 6.45) is 1.55. The highest BCUT2D eigenvalue weighted by Gasteiger charge is 2.15. The van der Waals surface area contributed by atoms with Gasteiger partial charge in [0.1, 0.15) is 0 Å². The lowest BCUT2D eigenvalue weighted by Gasteiger charge is -2.05. The number of hydrogen-bond acceptors (Lipinski definition) is 5. The van der Waals surface area contributed by atoms with Crippen LogP contribution < -0.4 is 5.43 Å². The van der Waals surface area contributed by atoms with Gasteiger partial charge in [0.25, 0.3) is 5.69 Å². The molecule has 5 nitrogen and oxygen atoms in total. The summed E-state index contributed by atoms with van der Waals surface area (Å²) in [5, 5.41) is 16.2. The number of hydrazone groups is 1. The summed E-state index contributed by atoms with van der Waals surface area (Å²) < 4.78 is 0.974. The predicted octanol–water partition coefficient (Wildman–Crippen LogP) is 6.61. The first-order chi connectivity index (χ1) is 13.0. The molecule has 0 bridgehead atoms. The van der Waals surface area contributed by atoms with Crippen LogP contribution in [0.25, 0.3) is 0 Å². The largest absolute Gasteiger partial charge is 0.283 e. The fraction of sp³-hybridized carbons (Fsp3) is 0. The maximum atomic E-state index is 11.5. The molecule has 0 unspecified atom stereocenters. The first-order valence-corrected chi connectivity index (χ1v) is 9.76. The van der Waals surface area contributed by atoms with Gasteiger partial charge in [0.15, 0.2) is 0 Å². The van der Waals surface area contributed by atoms with Crippen LogP contribution in [-0.2, 0) is 0 Å². The summed E-state index contributed by atoms with van der Waals surface area (Å²) in [5.41, 5.74) is 4.37. The lowest BCUT2D eigenvalue weighted by atomic mass is 10.2. The van der Waals surface area contributed by atoms with Crippen LogP contribution in [0.1, 0.15) is 5.56 Å². The van der Waals surface area contributed by atoms with Crippen molar-refractivity contribution in [1.29, 1.82) is 0 Å². The number of benzene rings is 3. The molecule has 0 spiro atoms. The Morgan fingerprint density at radius 2 is 1.78 bits per heavy atom. The number of nitrogens with zero attached hydrogens (tertiary/aromatic N) is 2. The molecule has 136 valence electrons. The standard InChI is InChI=1S/C19H13BrClN3O2S/c20-14-2-6-16(7-3-14)23-22-12-13-1-10-19(18(11-13)24(25)26)27-17-8-4-15(21)5-9-17/h1-12,23H/b22-12-. The van der Waals surface area contributed by atoms with Crippen LogP contribution >= 0.6 is 39.3 Å². The van der Waals surface area contributed by atoms with E-state index in [9.17, 15) is 10.1 Å². The van der Waals surface area contributed by atoms with Gasteiger partial charge >= 0.3 is 0 Å². The fourth-order valence-electron chi connectivity index (χ4n) is 2.18. The first-order valence-electron chi connectivity index (χ1n) is 7.78. The number of nitro groups is 1. The topological polar surface area (TPSA) is 67.5 Å². The highest BCUT2D eigenvalue weighted by molar-refractivity contribution is 9.10. The van der Waals surface area contributed by atoms with Crippen LogP contribution in [0.5, 0.6) is 0 Å². The number of hydrogen-bond donors (Lipinski definition) is 1. The minimum absolute atomic E-state index is 0.0301. The number of nitro benzene ring substituents is 1. The molecule has 27 heavy (non-hydrogen) atoms. The Balaban J connectivity index is 1.76. The Morgan fingerprint density at radius 1 is 1.07 bits per heavy atom. The molecule has 3 aromatic rings. The Labute approximate surface area is 173 Å². The van der Waals surface area contributed by atoms with E-state index in [1.807, 2.05) is 36.4 Å². The van der Waals surface area contributed by atoms with Crippen molar-refractivity contribution in [3.63, 3.8) is 0 Å². The van der Waals surface area contributed by atoms with Crippen molar-refractivity contribution in [3.05, 3.63) is 91.9 Å². The summed E-state index contributed by atoms with van der Waals surface area (Å²) >= 11 is 10.6. The summed E-state index contributed by atoms with van der Waals surface area (Å²) in [6.45, 7) is 0. The SMILES string of the molecule is O=[N+]([O-])c1cc(/C=N\Nc2ccc(Br)cc2)ccc1Sc1ccc(Cl)cc1. The predicted molar refractivity (Wildman–Crippen MR) is 114 cm³/mol. The highest BCUT2D eigenvalue weighted by atomic mass is 79.9.